The van der Waals surface area contributed by atoms with E-state index in [0.29, 0.717) is 12.8 Å². The Morgan fingerprint density at radius 2 is 1.86 bits per heavy atom. The van der Waals surface area contributed by atoms with Crippen molar-refractivity contribution in [1.82, 2.24) is 5.32 Å². The Balaban J connectivity index is 3.13. The van der Waals surface area contributed by atoms with Gasteiger partial charge in [0.15, 0.2) is 0 Å². The number of rotatable bonds is 8. The Morgan fingerprint density at radius 3 is 2.43 bits per heavy atom. The van der Waals surface area contributed by atoms with Crippen molar-refractivity contribution in [3.63, 3.8) is 0 Å². The van der Waals surface area contributed by atoms with E-state index in [1.807, 2.05) is 0 Å². The molecule has 0 bridgehead atoms. The van der Waals surface area contributed by atoms with E-state index >= 15 is 0 Å². The predicted octanol–water partition coefficient (Wildman–Crippen LogP) is 2.26. The van der Waals surface area contributed by atoms with Gasteiger partial charge in [0, 0.05) is 6.42 Å². The van der Waals surface area contributed by atoms with Crippen molar-refractivity contribution in [2.24, 2.45) is 5.92 Å². The van der Waals surface area contributed by atoms with Crippen LogP contribution in [0.15, 0.2) is 0 Å². The number of hydrogen-bond acceptors (Lipinski definition) is 2. The number of nitrogens with one attached hydrogen (secondary N) is 1. The lowest BCUT2D eigenvalue weighted by Crippen LogP contribution is -2.20. The maximum absolute atomic E-state index is 10.8. The molecule has 0 rings (SSSR count). The van der Waals surface area contributed by atoms with Gasteiger partial charge < -0.3 is 0 Å². The molecule has 3 nitrogen and oxygen atoms in total. The van der Waals surface area contributed by atoms with Gasteiger partial charge in [-0.3, -0.25) is 14.9 Å². The molecule has 0 saturated carbocycles. The fraction of sp³-hybridized carbons (Fsp3) is 0.818. The molecule has 0 aromatic rings. The topological polar surface area (TPSA) is 46.2 Å². The minimum atomic E-state index is -0.163. The van der Waals surface area contributed by atoms with E-state index in [2.05, 4.69) is 19.2 Å². The highest BCUT2D eigenvalue weighted by molar-refractivity contribution is 5.85. The van der Waals surface area contributed by atoms with Crippen molar-refractivity contribution in [1.29, 1.82) is 0 Å². The predicted molar refractivity (Wildman–Crippen MR) is 56.7 cm³/mol. The van der Waals surface area contributed by atoms with Crippen LogP contribution in [0.5, 0.6) is 0 Å². The van der Waals surface area contributed by atoms with E-state index in [1.165, 1.54) is 19.3 Å². The summed E-state index contributed by atoms with van der Waals surface area (Å²) >= 11 is 0. The van der Waals surface area contributed by atoms with Crippen LogP contribution in [-0.4, -0.2) is 12.3 Å². The number of imide groups is 1. The second-order valence-corrected chi connectivity index (χ2v) is 4.03. The van der Waals surface area contributed by atoms with Gasteiger partial charge >= 0.3 is 0 Å². The zero-order valence-electron chi connectivity index (χ0n) is 9.21. The molecule has 0 saturated heterocycles. The fourth-order valence-corrected chi connectivity index (χ4v) is 1.33. The van der Waals surface area contributed by atoms with Crippen molar-refractivity contribution >= 4 is 12.3 Å². The Morgan fingerprint density at radius 1 is 1.21 bits per heavy atom. The summed E-state index contributed by atoms with van der Waals surface area (Å²) in [7, 11) is 0. The minimum absolute atomic E-state index is 0.163. The largest absolute Gasteiger partial charge is 0.299 e. The summed E-state index contributed by atoms with van der Waals surface area (Å²) in [5.74, 6) is 0.609. The summed E-state index contributed by atoms with van der Waals surface area (Å²) in [6, 6.07) is 0. The van der Waals surface area contributed by atoms with Gasteiger partial charge in [-0.1, -0.05) is 39.5 Å². The van der Waals surface area contributed by atoms with Crippen LogP contribution in [0.4, 0.5) is 0 Å². The average Bonchev–Trinajstić information content (AvgIpc) is 2.11. The standard InChI is InChI=1S/C11H21NO2/c1-10(2)7-5-3-4-6-8-11(14)12-9-13/h9-10H,3-8H2,1-2H3,(H,12,13,14). The monoisotopic (exact) mass is 199 g/mol. The second kappa shape index (κ2) is 8.73. The van der Waals surface area contributed by atoms with Crippen LogP contribution >= 0.6 is 0 Å². The summed E-state index contributed by atoms with van der Waals surface area (Å²) in [6.45, 7) is 4.44. The van der Waals surface area contributed by atoms with Crippen LogP contribution in [-0.2, 0) is 9.59 Å². The highest BCUT2D eigenvalue weighted by Gasteiger charge is 1.99. The summed E-state index contributed by atoms with van der Waals surface area (Å²) in [5, 5.41) is 2.14. The number of carbonyl (C=O) groups is 2. The van der Waals surface area contributed by atoms with E-state index in [4.69, 9.17) is 0 Å². The van der Waals surface area contributed by atoms with E-state index in [1.54, 1.807) is 0 Å². The molecular formula is C11H21NO2. The van der Waals surface area contributed by atoms with Gasteiger partial charge in [0.05, 0.1) is 0 Å². The van der Waals surface area contributed by atoms with Crippen molar-refractivity contribution in [2.75, 3.05) is 0 Å². The summed E-state index contributed by atoms with van der Waals surface area (Å²) in [4.78, 5) is 20.7. The van der Waals surface area contributed by atoms with Crippen molar-refractivity contribution < 1.29 is 9.59 Å². The summed E-state index contributed by atoms with van der Waals surface area (Å²) < 4.78 is 0. The third-order valence-corrected chi connectivity index (χ3v) is 2.16. The van der Waals surface area contributed by atoms with Gasteiger partial charge in [-0.2, -0.15) is 0 Å². The van der Waals surface area contributed by atoms with Crippen LogP contribution in [0.1, 0.15) is 52.4 Å². The maximum atomic E-state index is 10.8. The first-order valence-electron chi connectivity index (χ1n) is 5.40. The molecule has 0 aliphatic carbocycles. The van der Waals surface area contributed by atoms with Crippen LogP contribution in [0.3, 0.4) is 0 Å². The van der Waals surface area contributed by atoms with Crippen molar-refractivity contribution in [3.05, 3.63) is 0 Å². The van der Waals surface area contributed by atoms with Crippen LogP contribution < -0.4 is 5.32 Å². The molecular weight excluding hydrogens is 178 g/mol. The molecule has 2 amide bonds. The molecule has 0 radical (unpaired) electrons. The van der Waals surface area contributed by atoms with E-state index in [-0.39, 0.29) is 5.91 Å². The summed E-state index contributed by atoms with van der Waals surface area (Å²) in [6.07, 6.45) is 6.58. The first kappa shape index (κ1) is 13.1. The zero-order valence-corrected chi connectivity index (χ0v) is 9.21. The van der Waals surface area contributed by atoms with Gasteiger partial charge in [0.2, 0.25) is 12.3 Å². The first-order chi connectivity index (χ1) is 6.66. The molecule has 14 heavy (non-hydrogen) atoms. The quantitative estimate of drug-likeness (QED) is 0.481. The number of carbonyl (C=O) groups excluding carboxylic acids is 2. The van der Waals surface area contributed by atoms with Crippen molar-refractivity contribution in [3.8, 4) is 0 Å². The Hall–Kier alpha value is -0.860. The fourth-order valence-electron chi connectivity index (χ4n) is 1.33. The normalized spacial score (nSPS) is 10.2. The molecule has 3 heteroatoms. The van der Waals surface area contributed by atoms with E-state index in [9.17, 15) is 9.59 Å². The van der Waals surface area contributed by atoms with Crippen LogP contribution in [0.2, 0.25) is 0 Å². The van der Waals surface area contributed by atoms with Gasteiger partial charge in [-0.15, -0.1) is 0 Å². The Bertz CT molecular complexity index is 167. The van der Waals surface area contributed by atoms with Gasteiger partial charge in [-0.05, 0) is 12.3 Å². The molecule has 0 unspecified atom stereocenters. The lowest BCUT2D eigenvalue weighted by molar-refractivity contribution is -0.125. The van der Waals surface area contributed by atoms with Crippen LogP contribution in [0.25, 0.3) is 0 Å². The first-order valence-corrected chi connectivity index (χ1v) is 5.40. The number of hydrogen-bond donors (Lipinski definition) is 1. The van der Waals surface area contributed by atoms with E-state index in [0.717, 1.165) is 18.8 Å². The van der Waals surface area contributed by atoms with E-state index < -0.39 is 0 Å². The van der Waals surface area contributed by atoms with Gasteiger partial charge in [0.25, 0.3) is 0 Å². The second-order valence-electron chi connectivity index (χ2n) is 4.03. The Labute approximate surface area is 86.3 Å². The Kier molecular flexibility index (Phi) is 8.19. The molecule has 0 aromatic heterocycles. The average molecular weight is 199 g/mol. The molecule has 0 spiro atoms. The highest BCUT2D eigenvalue weighted by Crippen LogP contribution is 2.10. The number of amides is 2. The van der Waals surface area contributed by atoms with Gasteiger partial charge in [0.1, 0.15) is 0 Å². The molecule has 82 valence electrons. The zero-order chi connectivity index (χ0) is 10.8. The third kappa shape index (κ3) is 9.23. The lowest BCUT2D eigenvalue weighted by Gasteiger charge is -2.03. The molecule has 0 aliphatic heterocycles. The maximum Gasteiger partial charge on any atom is 0.226 e. The molecule has 0 aromatic carbocycles. The molecule has 0 aliphatic rings. The molecule has 1 N–H and O–H groups in total. The minimum Gasteiger partial charge on any atom is -0.299 e. The van der Waals surface area contributed by atoms with Crippen molar-refractivity contribution in [2.45, 2.75) is 52.4 Å². The highest BCUT2D eigenvalue weighted by atomic mass is 16.2. The SMILES string of the molecule is CC(C)CCCCCCC(=O)NC=O. The number of unbranched alkanes of at least 4 members (excludes halogenated alkanes) is 3. The van der Waals surface area contributed by atoms with Crippen LogP contribution in [0, 0.1) is 5.92 Å². The molecule has 0 fully saturated rings. The third-order valence-electron chi connectivity index (χ3n) is 2.16. The molecule has 0 heterocycles. The lowest BCUT2D eigenvalue weighted by atomic mass is 10.0. The summed E-state index contributed by atoms with van der Waals surface area (Å²) in [5.41, 5.74) is 0. The smallest absolute Gasteiger partial charge is 0.226 e. The van der Waals surface area contributed by atoms with Gasteiger partial charge in [-0.25, -0.2) is 0 Å². The molecule has 0 atom stereocenters.